The molecule has 2 aromatic carbocycles. The molecule has 34 heavy (non-hydrogen) atoms. The Bertz CT molecular complexity index is 985. The van der Waals surface area contributed by atoms with Gasteiger partial charge in [-0.1, -0.05) is 32.3 Å². The van der Waals surface area contributed by atoms with Crippen LogP contribution >= 0.6 is 0 Å². The summed E-state index contributed by atoms with van der Waals surface area (Å²) >= 11 is 0. The van der Waals surface area contributed by atoms with Crippen LogP contribution in [0.2, 0.25) is 0 Å². The molecular formula is C26H29F3O5. The van der Waals surface area contributed by atoms with Crippen LogP contribution in [0.25, 0.3) is 0 Å². The van der Waals surface area contributed by atoms with Crippen LogP contribution in [0.1, 0.15) is 79.3 Å². The molecule has 0 amide bonds. The number of rotatable bonds is 9. The number of alkyl halides is 3. The van der Waals surface area contributed by atoms with Crippen molar-refractivity contribution in [1.29, 1.82) is 0 Å². The number of unbranched alkanes of at least 4 members (excludes halogenated alkanes) is 3. The Morgan fingerprint density at radius 3 is 2.50 bits per heavy atom. The van der Waals surface area contributed by atoms with Gasteiger partial charge in [0.05, 0.1) is 11.5 Å². The standard InChI is InChI=1S/C26H29F3O5/c1-2-3-4-5-9-23(26(27,28)29)34-24(31)17-10-13-20(14-11-17)33-25(32)22-8-6-7-18-16-19(30)12-15-21(18)22/h10-16,22-23,30H,2-9H2,1H3/t22-,23-/m1/s1. The summed E-state index contributed by atoms with van der Waals surface area (Å²) in [5.41, 5.74) is 1.66. The highest BCUT2D eigenvalue weighted by Crippen LogP contribution is 2.35. The molecule has 0 aliphatic heterocycles. The maximum absolute atomic E-state index is 13.3. The Morgan fingerprint density at radius 2 is 1.82 bits per heavy atom. The first kappa shape index (κ1) is 25.6. The number of carbonyl (C=O) groups is 2. The van der Waals surface area contributed by atoms with Gasteiger partial charge in [0, 0.05) is 0 Å². The number of hydrogen-bond donors (Lipinski definition) is 1. The number of aromatic hydroxyl groups is 1. The third-order valence-corrected chi connectivity index (χ3v) is 5.97. The van der Waals surface area contributed by atoms with E-state index in [-0.39, 0.29) is 23.5 Å². The lowest BCUT2D eigenvalue weighted by atomic mass is 9.83. The second-order valence-corrected chi connectivity index (χ2v) is 8.56. The van der Waals surface area contributed by atoms with Gasteiger partial charge in [0.15, 0.2) is 6.10 Å². The predicted molar refractivity (Wildman–Crippen MR) is 120 cm³/mol. The predicted octanol–water partition coefficient (Wildman–Crippen LogP) is 6.48. The van der Waals surface area contributed by atoms with Crippen molar-refractivity contribution in [2.45, 2.75) is 76.5 Å². The van der Waals surface area contributed by atoms with Gasteiger partial charge in [0.2, 0.25) is 0 Å². The van der Waals surface area contributed by atoms with E-state index in [0.29, 0.717) is 19.3 Å². The van der Waals surface area contributed by atoms with Crippen LogP contribution in [0.5, 0.6) is 11.5 Å². The van der Waals surface area contributed by atoms with E-state index < -0.39 is 30.1 Å². The number of benzene rings is 2. The van der Waals surface area contributed by atoms with Gasteiger partial charge in [0.25, 0.3) is 0 Å². The van der Waals surface area contributed by atoms with Gasteiger partial charge in [-0.15, -0.1) is 0 Å². The molecule has 1 aliphatic carbocycles. The summed E-state index contributed by atoms with van der Waals surface area (Å²) in [6, 6.07) is 10.2. The molecule has 5 nitrogen and oxygen atoms in total. The van der Waals surface area contributed by atoms with Crippen molar-refractivity contribution in [3.63, 3.8) is 0 Å². The third-order valence-electron chi connectivity index (χ3n) is 5.97. The number of esters is 2. The molecule has 0 radical (unpaired) electrons. The summed E-state index contributed by atoms with van der Waals surface area (Å²) < 4.78 is 50.0. The van der Waals surface area contributed by atoms with E-state index in [1.165, 1.54) is 30.3 Å². The third kappa shape index (κ3) is 6.74. The molecule has 184 valence electrons. The van der Waals surface area contributed by atoms with Crippen LogP contribution in [-0.2, 0) is 16.0 Å². The van der Waals surface area contributed by atoms with E-state index in [1.54, 1.807) is 12.1 Å². The Morgan fingerprint density at radius 1 is 1.09 bits per heavy atom. The fraction of sp³-hybridized carbons (Fsp3) is 0.462. The zero-order valence-electron chi connectivity index (χ0n) is 19.1. The fourth-order valence-corrected chi connectivity index (χ4v) is 4.14. The molecule has 0 fully saturated rings. The minimum Gasteiger partial charge on any atom is -0.508 e. The van der Waals surface area contributed by atoms with E-state index in [9.17, 15) is 27.9 Å². The van der Waals surface area contributed by atoms with Crippen molar-refractivity contribution in [2.75, 3.05) is 0 Å². The monoisotopic (exact) mass is 478 g/mol. The van der Waals surface area contributed by atoms with Gasteiger partial charge >= 0.3 is 18.1 Å². The molecule has 1 aliphatic rings. The normalized spacial score (nSPS) is 16.4. The summed E-state index contributed by atoms with van der Waals surface area (Å²) in [6.45, 7) is 1.96. The molecule has 2 atom stereocenters. The van der Waals surface area contributed by atoms with E-state index in [0.717, 1.165) is 36.8 Å². The molecule has 0 bridgehead atoms. The maximum Gasteiger partial charge on any atom is 0.425 e. The van der Waals surface area contributed by atoms with Crippen molar-refractivity contribution in [3.8, 4) is 11.5 Å². The van der Waals surface area contributed by atoms with Crippen molar-refractivity contribution >= 4 is 11.9 Å². The second kappa shape index (κ2) is 11.4. The Kier molecular flexibility index (Phi) is 8.58. The first-order valence-corrected chi connectivity index (χ1v) is 11.6. The second-order valence-electron chi connectivity index (χ2n) is 8.56. The van der Waals surface area contributed by atoms with Crippen molar-refractivity contribution in [3.05, 3.63) is 59.2 Å². The lowest BCUT2D eigenvalue weighted by Crippen LogP contribution is -2.33. The Balaban J connectivity index is 1.61. The topological polar surface area (TPSA) is 72.8 Å². The van der Waals surface area contributed by atoms with Crippen molar-refractivity contribution in [1.82, 2.24) is 0 Å². The van der Waals surface area contributed by atoms with E-state index >= 15 is 0 Å². The number of ether oxygens (including phenoxy) is 2. The molecule has 0 saturated carbocycles. The zero-order valence-corrected chi connectivity index (χ0v) is 19.1. The summed E-state index contributed by atoms with van der Waals surface area (Å²) in [4.78, 5) is 25.0. The van der Waals surface area contributed by atoms with Gasteiger partial charge in [0.1, 0.15) is 11.5 Å². The molecular weight excluding hydrogens is 449 g/mol. The van der Waals surface area contributed by atoms with Crippen LogP contribution in [0, 0.1) is 0 Å². The number of phenols is 1. The average molecular weight is 479 g/mol. The van der Waals surface area contributed by atoms with Crippen LogP contribution in [0.3, 0.4) is 0 Å². The number of phenolic OH excluding ortho intramolecular Hbond substituents is 1. The van der Waals surface area contributed by atoms with Crippen LogP contribution < -0.4 is 4.74 Å². The van der Waals surface area contributed by atoms with Gasteiger partial charge in [-0.25, -0.2) is 4.79 Å². The molecule has 0 saturated heterocycles. The molecule has 0 unspecified atom stereocenters. The lowest BCUT2D eigenvalue weighted by molar-refractivity contribution is -0.206. The zero-order chi connectivity index (χ0) is 24.7. The number of fused-ring (bicyclic) bond motifs is 1. The highest BCUT2D eigenvalue weighted by molar-refractivity contribution is 5.90. The van der Waals surface area contributed by atoms with E-state index in [1.807, 2.05) is 6.92 Å². The lowest BCUT2D eigenvalue weighted by Gasteiger charge is -2.24. The minimum absolute atomic E-state index is 0.0545. The van der Waals surface area contributed by atoms with Crippen LogP contribution in [0.15, 0.2) is 42.5 Å². The molecule has 0 spiro atoms. The van der Waals surface area contributed by atoms with Crippen LogP contribution in [0.4, 0.5) is 13.2 Å². The van der Waals surface area contributed by atoms with Gasteiger partial charge < -0.3 is 14.6 Å². The number of carbonyl (C=O) groups excluding carboxylic acids is 2. The van der Waals surface area contributed by atoms with Crippen LogP contribution in [-0.4, -0.2) is 29.3 Å². The maximum atomic E-state index is 13.3. The molecule has 2 aromatic rings. The van der Waals surface area contributed by atoms with Gasteiger partial charge in [-0.3, -0.25) is 4.79 Å². The first-order chi connectivity index (χ1) is 16.2. The Labute approximate surface area is 196 Å². The highest BCUT2D eigenvalue weighted by atomic mass is 19.4. The smallest absolute Gasteiger partial charge is 0.425 e. The van der Waals surface area contributed by atoms with E-state index in [2.05, 4.69) is 0 Å². The molecule has 8 heteroatoms. The number of aryl methyl sites for hydroxylation is 1. The summed E-state index contributed by atoms with van der Waals surface area (Å²) in [5.74, 6) is -1.69. The van der Waals surface area contributed by atoms with Gasteiger partial charge in [-0.2, -0.15) is 13.2 Å². The largest absolute Gasteiger partial charge is 0.508 e. The molecule has 1 N–H and O–H groups in total. The molecule has 3 rings (SSSR count). The summed E-state index contributed by atoms with van der Waals surface area (Å²) in [7, 11) is 0. The summed E-state index contributed by atoms with van der Waals surface area (Å²) in [5, 5.41) is 9.67. The molecule has 0 aromatic heterocycles. The molecule has 0 heterocycles. The first-order valence-electron chi connectivity index (χ1n) is 11.6. The number of hydrogen-bond acceptors (Lipinski definition) is 5. The number of halogens is 3. The Hall–Kier alpha value is -3.03. The average Bonchev–Trinajstić information content (AvgIpc) is 2.80. The summed E-state index contributed by atoms with van der Waals surface area (Å²) in [6.07, 6.45) is -2.22. The van der Waals surface area contributed by atoms with Gasteiger partial charge in [-0.05, 0) is 79.6 Å². The van der Waals surface area contributed by atoms with E-state index in [4.69, 9.17) is 9.47 Å². The SMILES string of the molecule is CCCCCC[C@@H](OC(=O)c1ccc(OC(=O)[C@@H]2CCCc3cc(O)ccc32)cc1)C(F)(F)F. The fourth-order valence-electron chi connectivity index (χ4n) is 4.14. The quantitative estimate of drug-likeness (QED) is 0.254. The highest BCUT2D eigenvalue weighted by Gasteiger charge is 2.42. The van der Waals surface area contributed by atoms with Crippen molar-refractivity contribution < 1.29 is 37.3 Å². The minimum atomic E-state index is -4.63. The van der Waals surface area contributed by atoms with Crippen molar-refractivity contribution in [2.24, 2.45) is 0 Å².